The van der Waals surface area contributed by atoms with Crippen LogP contribution in [-0.4, -0.2) is 22.5 Å². The first-order valence-electron chi connectivity index (χ1n) is 6.14. The highest BCUT2D eigenvalue weighted by molar-refractivity contribution is 6.30. The predicted molar refractivity (Wildman–Crippen MR) is 67.6 cm³/mol. The van der Waals surface area contributed by atoms with E-state index in [-0.39, 0.29) is 0 Å². The second-order valence-electron chi connectivity index (χ2n) is 4.52. The van der Waals surface area contributed by atoms with Crippen LogP contribution in [0.15, 0.2) is 18.3 Å². The molecule has 1 aromatic rings. The summed E-state index contributed by atoms with van der Waals surface area (Å²) in [6.07, 6.45) is 7.03. The molecular weight excluding hydrogens is 220 g/mol. The zero-order valence-electron chi connectivity index (χ0n) is 9.82. The molecule has 0 atom stereocenters. The van der Waals surface area contributed by atoms with Crippen LogP contribution in [0.4, 0.5) is 0 Å². The number of nitrogens with zero attached hydrogens (tertiary/aromatic N) is 2. The lowest BCUT2D eigenvalue weighted by Crippen LogP contribution is -2.27. The molecule has 1 heterocycles. The third kappa shape index (κ3) is 3.46. The molecule has 0 radical (unpaired) electrons. The normalized spacial score (nSPS) is 15.7. The Balaban J connectivity index is 1.94. The molecule has 0 aliphatic heterocycles. The van der Waals surface area contributed by atoms with Gasteiger partial charge in [-0.1, -0.05) is 24.9 Å². The quantitative estimate of drug-likeness (QED) is 0.754. The van der Waals surface area contributed by atoms with Crippen molar-refractivity contribution in [2.24, 2.45) is 0 Å². The summed E-state index contributed by atoms with van der Waals surface area (Å²) in [7, 11) is 0. The Labute approximate surface area is 103 Å². The van der Waals surface area contributed by atoms with Gasteiger partial charge in [0, 0.05) is 23.8 Å². The SMILES string of the molecule is CCCCN(Cc1cc(Cl)ccn1)C1CC1. The van der Waals surface area contributed by atoms with Crippen molar-refractivity contribution >= 4 is 11.6 Å². The van der Waals surface area contributed by atoms with Crippen molar-refractivity contribution in [3.05, 3.63) is 29.0 Å². The van der Waals surface area contributed by atoms with E-state index in [1.165, 1.54) is 32.2 Å². The predicted octanol–water partition coefficient (Wildman–Crippen LogP) is 3.50. The number of aromatic nitrogens is 1. The average molecular weight is 239 g/mol. The maximum absolute atomic E-state index is 5.97. The minimum atomic E-state index is 0.788. The fourth-order valence-electron chi connectivity index (χ4n) is 1.93. The van der Waals surface area contributed by atoms with Gasteiger partial charge in [0.2, 0.25) is 0 Å². The van der Waals surface area contributed by atoms with Crippen LogP contribution in [-0.2, 0) is 6.54 Å². The smallest absolute Gasteiger partial charge is 0.0558 e. The van der Waals surface area contributed by atoms with Crippen molar-refractivity contribution in [1.82, 2.24) is 9.88 Å². The van der Waals surface area contributed by atoms with E-state index in [1.807, 2.05) is 12.1 Å². The highest BCUT2D eigenvalue weighted by Gasteiger charge is 2.28. The van der Waals surface area contributed by atoms with Gasteiger partial charge in [0.15, 0.2) is 0 Å². The van der Waals surface area contributed by atoms with Crippen LogP contribution in [0.25, 0.3) is 0 Å². The summed E-state index contributed by atoms with van der Waals surface area (Å²) in [5.41, 5.74) is 1.09. The summed E-state index contributed by atoms with van der Waals surface area (Å²) in [5.74, 6) is 0. The molecule has 0 spiro atoms. The van der Waals surface area contributed by atoms with Crippen molar-refractivity contribution in [1.29, 1.82) is 0 Å². The number of unbranched alkanes of at least 4 members (excludes halogenated alkanes) is 1. The molecule has 1 aromatic heterocycles. The van der Waals surface area contributed by atoms with Crippen LogP contribution in [0, 0.1) is 0 Å². The molecule has 1 aliphatic carbocycles. The Bertz CT molecular complexity index is 336. The summed E-state index contributed by atoms with van der Waals surface area (Å²) in [6, 6.07) is 4.61. The first-order valence-corrected chi connectivity index (χ1v) is 6.52. The Hall–Kier alpha value is -0.600. The fourth-order valence-corrected chi connectivity index (χ4v) is 2.12. The minimum Gasteiger partial charge on any atom is -0.295 e. The van der Waals surface area contributed by atoms with E-state index in [2.05, 4.69) is 16.8 Å². The number of halogens is 1. The first kappa shape index (κ1) is 11.9. The lowest BCUT2D eigenvalue weighted by molar-refractivity contribution is 0.248. The molecule has 3 heteroatoms. The molecule has 0 bridgehead atoms. The Morgan fingerprint density at radius 2 is 2.31 bits per heavy atom. The standard InChI is InChI=1S/C13H19ClN2/c1-2-3-8-16(13-4-5-13)10-12-9-11(14)6-7-15-12/h6-7,9,13H,2-5,8,10H2,1H3. The molecule has 0 saturated heterocycles. The number of hydrogen-bond donors (Lipinski definition) is 0. The van der Waals surface area contributed by atoms with E-state index in [4.69, 9.17) is 11.6 Å². The molecule has 1 aliphatic rings. The lowest BCUT2D eigenvalue weighted by Gasteiger charge is -2.21. The maximum Gasteiger partial charge on any atom is 0.0558 e. The number of hydrogen-bond acceptors (Lipinski definition) is 2. The summed E-state index contributed by atoms with van der Waals surface area (Å²) in [4.78, 5) is 6.92. The van der Waals surface area contributed by atoms with E-state index in [0.29, 0.717) is 0 Å². The summed E-state index contributed by atoms with van der Waals surface area (Å²) < 4.78 is 0. The number of pyridine rings is 1. The van der Waals surface area contributed by atoms with Gasteiger partial charge < -0.3 is 0 Å². The van der Waals surface area contributed by atoms with Crippen LogP contribution < -0.4 is 0 Å². The van der Waals surface area contributed by atoms with Gasteiger partial charge >= 0.3 is 0 Å². The van der Waals surface area contributed by atoms with Crippen LogP contribution in [0.3, 0.4) is 0 Å². The van der Waals surface area contributed by atoms with Gasteiger partial charge in [0.25, 0.3) is 0 Å². The van der Waals surface area contributed by atoms with Gasteiger partial charge in [0.1, 0.15) is 0 Å². The molecule has 2 nitrogen and oxygen atoms in total. The molecule has 0 N–H and O–H groups in total. The average Bonchev–Trinajstić information content (AvgIpc) is 3.08. The third-order valence-corrected chi connectivity index (χ3v) is 3.24. The molecule has 0 unspecified atom stereocenters. The van der Waals surface area contributed by atoms with Crippen molar-refractivity contribution in [3.63, 3.8) is 0 Å². The summed E-state index contributed by atoms with van der Waals surface area (Å²) in [5, 5.41) is 0.788. The van der Waals surface area contributed by atoms with Crippen molar-refractivity contribution in [2.45, 2.75) is 45.2 Å². The first-order chi connectivity index (χ1) is 7.79. The fraction of sp³-hybridized carbons (Fsp3) is 0.615. The molecule has 16 heavy (non-hydrogen) atoms. The second kappa shape index (κ2) is 5.65. The molecular formula is C13H19ClN2. The summed E-state index contributed by atoms with van der Waals surface area (Å²) in [6.45, 7) is 4.38. The van der Waals surface area contributed by atoms with Crippen LogP contribution in [0.5, 0.6) is 0 Å². The molecule has 2 rings (SSSR count). The minimum absolute atomic E-state index is 0.788. The van der Waals surface area contributed by atoms with E-state index in [0.717, 1.165) is 23.3 Å². The largest absolute Gasteiger partial charge is 0.295 e. The van der Waals surface area contributed by atoms with Crippen molar-refractivity contribution in [3.8, 4) is 0 Å². The maximum atomic E-state index is 5.97. The van der Waals surface area contributed by atoms with Gasteiger partial charge in [-0.2, -0.15) is 0 Å². The number of rotatable bonds is 6. The van der Waals surface area contributed by atoms with Crippen LogP contribution in [0.1, 0.15) is 38.3 Å². The van der Waals surface area contributed by atoms with E-state index in [9.17, 15) is 0 Å². The lowest BCUT2D eigenvalue weighted by atomic mass is 10.2. The second-order valence-corrected chi connectivity index (χ2v) is 4.96. The summed E-state index contributed by atoms with van der Waals surface area (Å²) >= 11 is 5.97. The Kier molecular flexibility index (Phi) is 4.19. The topological polar surface area (TPSA) is 16.1 Å². The van der Waals surface area contributed by atoms with Crippen LogP contribution in [0.2, 0.25) is 5.02 Å². The van der Waals surface area contributed by atoms with Gasteiger partial charge in [-0.3, -0.25) is 9.88 Å². The van der Waals surface area contributed by atoms with Crippen LogP contribution >= 0.6 is 11.6 Å². The van der Waals surface area contributed by atoms with Gasteiger partial charge in [-0.05, 0) is 37.9 Å². The Morgan fingerprint density at radius 3 is 2.94 bits per heavy atom. The van der Waals surface area contributed by atoms with E-state index in [1.54, 1.807) is 6.20 Å². The third-order valence-electron chi connectivity index (χ3n) is 3.01. The Morgan fingerprint density at radius 1 is 1.50 bits per heavy atom. The van der Waals surface area contributed by atoms with Crippen molar-refractivity contribution < 1.29 is 0 Å². The van der Waals surface area contributed by atoms with E-state index >= 15 is 0 Å². The highest BCUT2D eigenvalue weighted by Crippen LogP contribution is 2.28. The van der Waals surface area contributed by atoms with Gasteiger partial charge in [-0.25, -0.2) is 0 Å². The zero-order chi connectivity index (χ0) is 11.4. The molecule has 1 fully saturated rings. The monoisotopic (exact) mass is 238 g/mol. The molecule has 88 valence electrons. The molecule has 1 saturated carbocycles. The van der Waals surface area contributed by atoms with Crippen molar-refractivity contribution in [2.75, 3.05) is 6.54 Å². The van der Waals surface area contributed by atoms with Gasteiger partial charge in [0.05, 0.1) is 5.69 Å². The van der Waals surface area contributed by atoms with Gasteiger partial charge in [-0.15, -0.1) is 0 Å². The zero-order valence-corrected chi connectivity index (χ0v) is 10.6. The van der Waals surface area contributed by atoms with E-state index < -0.39 is 0 Å². The highest BCUT2D eigenvalue weighted by atomic mass is 35.5. The molecule has 0 amide bonds. The molecule has 0 aromatic carbocycles.